The molecule has 3 nitrogen and oxygen atoms in total. The molecule has 0 aromatic heterocycles. The van der Waals surface area contributed by atoms with E-state index in [1.54, 1.807) is 19.2 Å². The highest BCUT2D eigenvalue weighted by molar-refractivity contribution is 5.72. The Labute approximate surface area is 216 Å². The molecule has 0 unspecified atom stereocenters. The minimum atomic E-state index is -0.301. The molecule has 0 aliphatic rings. The van der Waals surface area contributed by atoms with Crippen LogP contribution in [0.3, 0.4) is 0 Å². The summed E-state index contributed by atoms with van der Waals surface area (Å²) in [5.41, 5.74) is 3.51. The lowest BCUT2D eigenvalue weighted by molar-refractivity contribution is 0.296. The number of unbranched alkanes of at least 4 members (excludes halogenated alkanes) is 3. The molecule has 194 valence electrons. The van der Waals surface area contributed by atoms with E-state index in [4.69, 9.17) is 14.2 Å². The molecule has 3 rings (SSSR count). The average molecular weight is 493 g/mol. The number of hydrogen-bond donors (Lipinski definition) is 0. The van der Waals surface area contributed by atoms with Crippen LogP contribution in [-0.2, 0) is 6.61 Å². The fourth-order valence-corrected chi connectivity index (χ4v) is 4.53. The summed E-state index contributed by atoms with van der Waals surface area (Å²) in [5, 5.41) is 0. The fraction of sp³-hybridized carbons (Fsp3) is 0.438. The van der Waals surface area contributed by atoms with Crippen molar-refractivity contribution in [3.63, 3.8) is 0 Å². The Balaban J connectivity index is 1.81. The summed E-state index contributed by atoms with van der Waals surface area (Å²) >= 11 is 0. The first kappa shape index (κ1) is 27.6. The minimum Gasteiger partial charge on any atom is -0.497 e. The summed E-state index contributed by atoms with van der Waals surface area (Å²) < 4.78 is 32.5. The van der Waals surface area contributed by atoms with Crippen LogP contribution in [0.25, 0.3) is 11.1 Å². The quantitative estimate of drug-likeness (QED) is 0.198. The van der Waals surface area contributed by atoms with Gasteiger partial charge < -0.3 is 14.2 Å². The van der Waals surface area contributed by atoms with Crippen molar-refractivity contribution in [1.29, 1.82) is 0 Å². The van der Waals surface area contributed by atoms with E-state index in [0.717, 1.165) is 36.1 Å². The van der Waals surface area contributed by atoms with Crippen LogP contribution in [0.5, 0.6) is 17.2 Å². The molecule has 0 fully saturated rings. The van der Waals surface area contributed by atoms with Gasteiger partial charge in [-0.3, -0.25) is 0 Å². The van der Waals surface area contributed by atoms with Crippen molar-refractivity contribution in [1.82, 2.24) is 0 Å². The molecule has 0 spiro atoms. The van der Waals surface area contributed by atoms with E-state index >= 15 is 0 Å². The molecule has 0 saturated carbocycles. The highest BCUT2D eigenvalue weighted by Crippen LogP contribution is 2.35. The molecule has 36 heavy (non-hydrogen) atoms. The molecule has 0 radical (unpaired) electrons. The fourth-order valence-electron chi connectivity index (χ4n) is 4.53. The second-order valence-electron chi connectivity index (χ2n) is 9.34. The summed E-state index contributed by atoms with van der Waals surface area (Å²) in [6.45, 7) is 7.68. The highest BCUT2D eigenvalue weighted by atomic mass is 19.1. The normalized spacial score (nSPS) is 11.8. The van der Waals surface area contributed by atoms with E-state index in [0.29, 0.717) is 36.2 Å². The average Bonchev–Trinajstić information content (AvgIpc) is 2.91. The SMILES string of the molecule is CCCCCCOc1cc(COc2cccc([C@H](CC)CCC)c2)ccc1-c1cc(OC)ccc1F. The van der Waals surface area contributed by atoms with Crippen molar-refractivity contribution in [3.8, 4) is 28.4 Å². The van der Waals surface area contributed by atoms with Crippen LogP contribution < -0.4 is 14.2 Å². The van der Waals surface area contributed by atoms with Crippen LogP contribution in [0.2, 0.25) is 0 Å². The molecule has 0 N–H and O–H groups in total. The summed E-state index contributed by atoms with van der Waals surface area (Å²) in [4.78, 5) is 0. The summed E-state index contributed by atoms with van der Waals surface area (Å²) in [5.74, 6) is 2.41. The second kappa shape index (κ2) is 14.5. The third-order valence-electron chi connectivity index (χ3n) is 6.63. The Bertz CT molecular complexity index is 1080. The molecule has 0 amide bonds. The molecular formula is C32H41FO3. The first-order valence-corrected chi connectivity index (χ1v) is 13.4. The molecular weight excluding hydrogens is 451 g/mol. The molecule has 0 aliphatic carbocycles. The molecule has 4 heteroatoms. The van der Waals surface area contributed by atoms with Crippen LogP contribution in [0.15, 0.2) is 60.7 Å². The van der Waals surface area contributed by atoms with Gasteiger partial charge in [0, 0.05) is 11.1 Å². The van der Waals surface area contributed by atoms with Gasteiger partial charge in [0.25, 0.3) is 0 Å². The molecule has 0 saturated heterocycles. The van der Waals surface area contributed by atoms with Crippen molar-refractivity contribution in [3.05, 3.63) is 77.6 Å². The van der Waals surface area contributed by atoms with Crippen LogP contribution in [0, 0.1) is 5.82 Å². The van der Waals surface area contributed by atoms with Crippen molar-refractivity contribution >= 4 is 0 Å². The molecule has 0 bridgehead atoms. The first-order valence-electron chi connectivity index (χ1n) is 13.4. The number of halogens is 1. The molecule has 0 aliphatic heterocycles. The van der Waals surface area contributed by atoms with Crippen LogP contribution >= 0.6 is 0 Å². The summed E-state index contributed by atoms with van der Waals surface area (Å²) in [6.07, 6.45) is 7.92. The van der Waals surface area contributed by atoms with Crippen molar-refractivity contribution in [2.45, 2.75) is 78.2 Å². The van der Waals surface area contributed by atoms with Gasteiger partial charge in [-0.2, -0.15) is 0 Å². The Morgan fingerprint density at radius 3 is 2.39 bits per heavy atom. The van der Waals surface area contributed by atoms with Crippen molar-refractivity contribution in [2.24, 2.45) is 0 Å². The third kappa shape index (κ3) is 7.74. The van der Waals surface area contributed by atoms with E-state index in [1.807, 2.05) is 24.3 Å². The first-order chi connectivity index (χ1) is 17.6. The number of hydrogen-bond acceptors (Lipinski definition) is 3. The van der Waals surface area contributed by atoms with Gasteiger partial charge in [0.1, 0.15) is 29.7 Å². The van der Waals surface area contributed by atoms with Crippen LogP contribution in [-0.4, -0.2) is 13.7 Å². The lowest BCUT2D eigenvalue weighted by atomic mass is 9.92. The van der Waals surface area contributed by atoms with Gasteiger partial charge in [-0.1, -0.05) is 70.7 Å². The molecule has 1 atom stereocenters. The van der Waals surface area contributed by atoms with Gasteiger partial charge in [0.15, 0.2) is 0 Å². The third-order valence-corrected chi connectivity index (χ3v) is 6.63. The Morgan fingerprint density at radius 2 is 1.64 bits per heavy atom. The maximum Gasteiger partial charge on any atom is 0.131 e. The van der Waals surface area contributed by atoms with Gasteiger partial charge in [-0.25, -0.2) is 4.39 Å². The largest absolute Gasteiger partial charge is 0.497 e. The minimum absolute atomic E-state index is 0.301. The maximum atomic E-state index is 14.8. The second-order valence-corrected chi connectivity index (χ2v) is 9.34. The van der Waals surface area contributed by atoms with E-state index in [-0.39, 0.29) is 5.82 Å². The number of ether oxygens (including phenoxy) is 3. The zero-order chi connectivity index (χ0) is 25.8. The Kier molecular flexibility index (Phi) is 11.1. The predicted molar refractivity (Wildman–Crippen MR) is 147 cm³/mol. The smallest absolute Gasteiger partial charge is 0.131 e. The highest BCUT2D eigenvalue weighted by Gasteiger charge is 2.14. The Morgan fingerprint density at radius 1 is 0.778 bits per heavy atom. The summed E-state index contributed by atoms with van der Waals surface area (Å²) in [6, 6.07) is 19.1. The van der Waals surface area contributed by atoms with Gasteiger partial charge in [0.05, 0.1) is 13.7 Å². The molecule has 0 heterocycles. The van der Waals surface area contributed by atoms with E-state index in [9.17, 15) is 4.39 Å². The molecule has 3 aromatic rings. The van der Waals surface area contributed by atoms with Gasteiger partial charge >= 0.3 is 0 Å². The number of rotatable bonds is 15. The zero-order valence-corrected chi connectivity index (χ0v) is 22.3. The van der Waals surface area contributed by atoms with Crippen LogP contribution in [0.4, 0.5) is 4.39 Å². The predicted octanol–water partition coefficient (Wildman–Crippen LogP) is 9.33. The zero-order valence-electron chi connectivity index (χ0n) is 22.3. The monoisotopic (exact) mass is 492 g/mol. The van der Waals surface area contributed by atoms with Gasteiger partial charge in [0.2, 0.25) is 0 Å². The molecule has 3 aromatic carbocycles. The van der Waals surface area contributed by atoms with E-state index in [2.05, 4.69) is 39.0 Å². The van der Waals surface area contributed by atoms with Gasteiger partial charge in [-0.05, 0) is 72.7 Å². The topological polar surface area (TPSA) is 27.7 Å². The van der Waals surface area contributed by atoms with E-state index in [1.165, 1.54) is 37.3 Å². The lowest BCUT2D eigenvalue weighted by Gasteiger charge is -2.17. The number of methoxy groups -OCH3 is 1. The standard InChI is InChI=1S/C32H41FO3/c1-5-8-9-10-19-35-32-20-24(15-17-29(32)30-22-27(34-4)16-18-31(30)33)23-36-28-14-11-13-26(21-28)25(7-3)12-6-2/h11,13-18,20-22,25H,5-10,12,19,23H2,1-4H3/t25-/m1/s1. The summed E-state index contributed by atoms with van der Waals surface area (Å²) in [7, 11) is 1.59. The lowest BCUT2D eigenvalue weighted by Crippen LogP contribution is -2.03. The van der Waals surface area contributed by atoms with E-state index < -0.39 is 0 Å². The Hall–Kier alpha value is -3.01. The van der Waals surface area contributed by atoms with Crippen molar-refractivity contribution < 1.29 is 18.6 Å². The number of benzene rings is 3. The van der Waals surface area contributed by atoms with Gasteiger partial charge in [-0.15, -0.1) is 0 Å². The van der Waals surface area contributed by atoms with Crippen LogP contribution in [0.1, 0.15) is 82.8 Å². The maximum absolute atomic E-state index is 14.8. The van der Waals surface area contributed by atoms with Crippen molar-refractivity contribution in [2.75, 3.05) is 13.7 Å².